The zero-order chi connectivity index (χ0) is 10.5. The van der Waals surface area contributed by atoms with E-state index in [1.165, 1.54) is 12.8 Å². The lowest BCUT2D eigenvalue weighted by Crippen LogP contribution is -2.38. The van der Waals surface area contributed by atoms with E-state index in [4.69, 9.17) is 4.74 Å². The maximum Gasteiger partial charge on any atom is 0.220 e. The Balaban J connectivity index is 1.56. The van der Waals surface area contributed by atoms with Crippen molar-refractivity contribution in [2.45, 2.75) is 31.7 Å². The van der Waals surface area contributed by atoms with Crippen LogP contribution in [-0.2, 0) is 9.53 Å². The molecule has 0 aromatic carbocycles. The molecule has 4 heteroatoms. The number of nitrogens with one attached hydrogen (secondary N) is 2. The fraction of sp³-hybridized carbons (Fsp3) is 0.909. The Morgan fingerprint density at radius 3 is 2.73 bits per heavy atom. The molecule has 2 aliphatic heterocycles. The molecule has 2 heterocycles. The topological polar surface area (TPSA) is 50.4 Å². The molecule has 0 saturated carbocycles. The molecule has 0 aromatic rings. The molecule has 0 spiro atoms. The molecule has 1 atom stereocenters. The van der Waals surface area contributed by atoms with Crippen molar-refractivity contribution in [3.05, 3.63) is 0 Å². The molecule has 4 nitrogen and oxygen atoms in total. The van der Waals surface area contributed by atoms with Crippen LogP contribution in [0.2, 0.25) is 0 Å². The van der Waals surface area contributed by atoms with Crippen molar-refractivity contribution >= 4 is 5.91 Å². The number of carbonyl (C=O) groups is 1. The van der Waals surface area contributed by atoms with Crippen LogP contribution in [0, 0.1) is 5.92 Å². The Morgan fingerprint density at radius 2 is 2.07 bits per heavy atom. The minimum atomic E-state index is 0.202. The average Bonchev–Trinajstić information content (AvgIpc) is 2.66. The van der Waals surface area contributed by atoms with Crippen LogP contribution in [0.25, 0.3) is 0 Å². The second kappa shape index (κ2) is 5.47. The van der Waals surface area contributed by atoms with Crippen LogP contribution >= 0.6 is 0 Å². The minimum Gasteiger partial charge on any atom is -0.381 e. The third-order valence-electron chi connectivity index (χ3n) is 3.25. The van der Waals surface area contributed by atoms with Crippen LogP contribution in [0.5, 0.6) is 0 Å². The predicted octanol–water partition coefficient (Wildman–Crippen LogP) is 0.281. The molecule has 0 aromatic heterocycles. The third kappa shape index (κ3) is 3.47. The zero-order valence-electron chi connectivity index (χ0n) is 9.13. The minimum absolute atomic E-state index is 0.202. The molecular weight excluding hydrogens is 192 g/mol. The molecule has 1 unspecified atom stereocenters. The van der Waals surface area contributed by atoms with Gasteiger partial charge >= 0.3 is 0 Å². The van der Waals surface area contributed by atoms with Crippen LogP contribution in [0.15, 0.2) is 0 Å². The Kier molecular flexibility index (Phi) is 3.97. The van der Waals surface area contributed by atoms with Crippen molar-refractivity contribution in [3.8, 4) is 0 Å². The monoisotopic (exact) mass is 212 g/mol. The van der Waals surface area contributed by atoms with Crippen molar-refractivity contribution in [1.82, 2.24) is 10.6 Å². The Labute approximate surface area is 90.8 Å². The van der Waals surface area contributed by atoms with Gasteiger partial charge in [-0.2, -0.15) is 0 Å². The summed E-state index contributed by atoms with van der Waals surface area (Å²) >= 11 is 0. The predicted molar refractivity (Wildman–Crippen MR) is 57.6 cm³/mol. The second-order valence-corrected chi connectivity index (χ2v) is 4.52. The van der Waals surface area contributed by atoms with E-state index in [0.29, 0.717) is 12.5 Å². The lowest BCUT2D eigenvalue weighted by atomic mass is 10.0. The highest BCUT2D eigenvalue weighted by molar-refractivity contribution is 5.78. The van der Waals surface area contributed by atoms with Gasteiger partial charge < -0.3 is 15.4 Å². The highest BCUT2D eigenvalue weighted by Crippen LogP contribution is 2.13. The van der Waals surface area contributed by atoms with Gasteiger partial charge in [0.15, 0.2) is 0 Å². The summed E-state index contributed by atoms with van der Waals surface area (Å²) in [6, 6.07) is 0.359. The molecular formula is C11H20N2O2. The molecule has 0 bridgehead atoms. The molecule has 2 fully saturated rings. The van der Waals surface area contributed by atoms with Crippen LogP contribution in [0.4, 0.5) is 0 Å². The van der Waals surface area contributed by atoms with Crippen LogP contribution < -0.4 is 10.6 Å². The highest BCUT2D eigenvalue weighted by Gasteiger charge is 2.20. The molecule has 2 N–H and O–H groups in total. The largest absolute Gasteiger partial charge is 0.381 e. The van der Waals surface area contributed by atoms with E-state index in [1.807, 2.05) is 0 Å². The van der Waals surface area contributed by atoms with Crippen LogP contribution in [-0.4, -0.2) is 38.3 Å². The third-order valence-corrected chi connectivity index (χ3v) is 3.25. The summed E-state index contributed by atoms with van der Waals surface area (Å²) in [5, 5.41) is 6.41. The van der Waals surface area contributed by atoms with Gasteiger partial charge in [0.2, 0.25) is 5.91 Å². The van der Waals surface area contributed by atoms with Crippen LogP contribution in [0.1, 0.15) is 25.7 Å². The molecule has 2 rings (SSSR count). The summed E-state index contributed by atoms with van der Waals surface area (Å²) in [6.45, 7) is 3.80. The normalized spacial score (nSPS) is 28.0. The van der Waals surface area contributed by atoms with Crippen molar-refractivity contribution in [1.29, 1.82) is 0 Å². The van der Waals surface area contributed by atoms with Crippen molar-refractivity contribution in [2.75, 3.05) is 26.3 Å². The van der Waals surface area contributed by atoms with E-state index in [2.05, 4.69) is 10.6 Å². The first-order chi connectivity index (χ1) is 7.34. The van der Waals surface area contributed by atoms with E-state index < -0.39 is 0 Å². The number of hydrogen-bond acceptors (Lipinski definition) is 3. The van der Waals surface area contributed by atoms with Gasteiger partial charge in [-0.1, -0.05) is 0 Å². The number of ether oxygens (including phenoxy) is 1. The highest BCUT2D eigenvalue weighted by atomic mass is 16.5. The van der Waals surface area contributed by atoms with E-state index in [9.17, 15) is 4.79 Å². The summed E-state index contributed by atoms with van der Waals surface area (Å²) in [6.07, 6.45) is 4.03. The van der Waals surface area contributed by atoms with Crippen molar-refractivity contribution < 1.29 is 9.53 Å². The maximum absolute atomic E-state index is 11.0. The fourth-order valence-electron chi connectivity index (χ4n) is 2.24. The number of rotatable bonds is 4. The summed E-state index contributed by atoms with van der Waals surface area (Å²) in [7, 11) is 0. The van der Waals surface area contributed by atoms with Gasteiger partial charge in [-0.25, -0.2) is 0 Å². The van der Waals surface area contributed by atoms with Gasteiger partial charge in [0.1, 0.15) is 0 Å². The molecule has 0 radical (unpaired) electrons. The SMILES string of the molecule is O=C1CCC(CNCC2CCOCC2)N1. The quantitative estimate of drug-likeness (QED) is 0.704. The zero-order valence-corrected chi connectivity index (χ0v) is 9.13. The lowest BCUT2D eigenvalue weighted by molar-refractivity contribution is -0.119. The first-order valence-electron chi connectivity index (χ1n) is 5.92. The van der Waals surface area contributed by atoms with Gasteiger partial charge in [-0.3, -0.25) is 4.79 Å². The van der Waals surface area contributed by atoms with E-state index in [1.54, 1.807) is 0 Å². The van der Waals surface area contributed by atoms with Gasteiger partial charge in [0.25, 0.3) is 0 Å². The fourth-order valence-corrected chi connectivity index (χ4v) is 2.24. The van der Waals surface area contributed by atoms with Crippen molar-refractivity contribution in [2.24, 2.45) is 5.92 Å². The number of carbonyl (C=O) groups excluding carboxylic acids is 1. The second-order valence-electron chi connectivity index (χ2n) is 4.52. The molecule has 2 aliphatic rings. The molecule has 1 amide bonds. The van der Waals surface area contributed by atoms with E-state index in [-0.39, 0.29) is 5.91 Å². The number of hydrogen-bond donors (Lipinski definition) is 2. The van der Waals surface area contributed by atoms with Crippen LogP contribution in [0.3, 0.4) is 0 Å². The Morgan fingerprint density at radius 1 is 1.27 bits per heavy atom. The Bertz CT molecular complexity index is 215. The molecule has 0 aliphatic carbocycles. The van der Waals surface area contributed by atoms with Gasteiger partial charge in [-0.15, -0.1) is 0 Å². The van der Waals surface area contributed by atoms with E-state index in [0.717, 1.165) is 38.6 Å². The van der Waals surface area contributed by atoms with E-state index >= 15 is 0 Å². The number of amides is 1. The molecule has 15 heavy (non-hydrogen) atoms. The van der Waals surface area contributed by atoms with Gasteiger partial charge in [0, 0.05) is 32.2 Å². The summed E-state index contributed by atoms with van der Waals surface area (Å²) in [4.78, 5) is 11.0. The lowest BCUT2D eigenvalue weighted by Gasteiger charge is -2.23. The van der Waals surface area contributed by atoms with Gasteiger partial charge in [0.05, 0.1) is 0 Å². The standard InChI is InChI=1S/C11H20N2O2/c14-11-2-1-10(13-11)8-12-7-9-3-5-15-6-4-9/h9-10,12H,1-8H2,(H,13,14). The first-order valence-corrected chi connectivity index (χ1v) is 5.92. The smallest absolute Gasteiger partial charge is 0.220 e. The summed E-state index contributed by atoms with van der Waals surface area (Å²) in [5.41, 5.74) is 0. The Hall–Kier alpha value is -0.610. The average molecular weight is 212 g/mol. The first kappa shape index (κ1) is 10.9. The van der Waals surface area contributed by atoms with Gasteiger partial charge in [-0.05, 0) is 31.7 Å². The summed E-state index contributed by atoms with van der Waals surface area (Å²) < 4.78 is 5.31. The maximum atomic E-state index is 11.0. The molecule has 2 saturated heterocycles. The summed E-state index contributed by atoms with van der Waals surface area (Å²) in [5.74, 6) is 0.962. The molecule has 86 valence electrons. The van der Waals surface area contributed by atoms with Crippen molar-refractivity contribution in [3.63, 3.8) is 0 Å².